The van der Waals surface area contributed by atoms with E-state index in [9.17, 15) is 9.90 Å². The average Bonchev–Trinajstić information content (AvgIpc) is 2.90. The zero-order valence-corrected chi connectivity index (χ0v) is 10.3. The number of rotatable bonds is 5. The minimum Gasteiger partial charge on any atom is -0.388 e. The second-order valence-corrected chi connectivity index (χ2v) is 4.76. The van der Waals surface area contributed by atoms with Crippen LogP contribution in [-0.4, -0.2) is 28.6 Å². The lowest BCUT2D eigenvalue weighted by atomic mass is 10.1. The van der Waals surface area contributed by atoms with E-state index in [2.05, 4.69) is 5.32 Å². The Labute approximate surface area is 107 Å². The van der Waals surface area contributed by atoms with Crippen molar-refractivity contribution in [2.24, 2.45) is 0 Å². The number of ketones is 1. The molecule has 1 atom stereocenters. The van der Waals surface area contributed by atoms with Crippen molar-refractivity contribution in [2.75, 3.05) is 6.61 Å². The third-order valence-electron chi connectivity index (χ3n) is 3.42. The van der Waals surface area contributed by atoms with Gasteiger partial charge >= 0.3 is 0 Å². The van der Waals surface area contributed by atoms with Gasteiger partial charge in [0, 0.05) is 11.6 Å². The smallest absolute Gasteiger partial charge is 0.188 e. The molecular weight excluding hydrogens is 230 g/mol. The molecule has 0 saturated heterocycles. The van der Waals surface area contributed by atoms with Crippen LogP contribution in [0, 0.1) is 0 Å². The summed E-state index contributed by atoms with van der Waals surface area (Å²) in [5.41, 5.74) is 1.10. The van der Waals surface area contributed by atoms with Gasteiger partial charge in [-0.1, -0.05) is 31.0 Å². The van der Waals surface area contributed by atoms with Crippen LogP contribution in [0.1, 0.15) is 47.8 Å². The van der Waals surface area contributed by atoms with Crippen LogP contribution >= 0.6 is 0 Å². The van der Waals surface area contributed by atoms with Crippen LogP contribution in [0.5, 0.6) is 0 Å². The van der Waals surface area contributed by atoms with Crippen molar-refractivity contribution in [1.82, 2.24) is 5.32 Å². The van der Waals surface area contributed by atoms with E-state index in [1.165, 1.54) is 12.8 Å². The van der Waals surface area contributed by atoms with Crippen molar-refractivity contribution in [2.45, 2.75) is 38.0 Å². The molecule has 3 N–H and O–H groups in total. The molecule has 1 unspecified atom stereocenters. The first-order valence-corrected chi connectivity index (χ1v) is 6.39. The van der Waals surface area contributed by atoms with E-state index in [1.807, 2.05) is 0 Å². The van der Waals surface area contributed by atoms with Crippen molar-refractivity contribution in [3.05, 3.63) is 35.4 Å². The van der Waals surface area contributed by atoms with E-state index in [4.69, 9.17) is 5.11 Å². The zero-order valence-electron chi connectivity index (χ0n) is 10.3. The predicted octanol–water partition coefficient (Wildman–Crippen LogP) is 1.38. The summed E-state index contributed by atoms with van der Waals surface area (Å²) in [5, 5.41) is 22.1. The van der Waals surface area contributed by atoms with Crippen LogP contribution in [0.2, 0.25) is 0 Å². The Morgan fingerprint density at radius 2 is 2.11 bits per heavy atom. The van der Waals surface area contributed by atoms with Crippen LogP contribution in [0.3, 0.4) is 0 Å². The Balaban J connectivity index is 2.04. The van der Waals surface area contributed by atoms with E-state index >= 15 is 0 Å². The minimum absolute atomic E-state index is 0.329. The lowest BCUT2D eigenvalue weighted by Crippen LogP contribution is -2.30. The largest absolute Gasteiger partial charge is 0.388 e. The highest BCUT2D eigenvalue weighted by Gasteiger charge is 2.19. The number of aliphatic hydroxyl groups excluding tert-OH is 2. The monoisotopic (exact) mass is 249 g/mol. The summed E-state index contributed by atoms with van der Waals surface area (Å²) in [6.07, 6.45) is 3.83. The molecule has 4 heteroatoms. The van der Waals surface area contributed by atoms with Gasteiger partial charge in [-0.15, -0.1) is 0 Å². The zero-order chi connectivity index (χ0) is 13.0. The molecule has 1 aliphatic carbocycles. The van der Waals surface area contributed by atoms with Gasteiger partial charge in [0.15, 0.2) is 5.78 Å². The molecule has 4 nitrogen and oxygen atoms in total. The highest BCUT2D eigenvalue weighted by Crippen LogP contribution is 2.21. The fourth-order valence-electron chi connectivity index (χ4n) is 2.39. The van der Waals surface area contributed by atoms with E-state index in [0.29, 0.717) is 17.2 Å². The Morgan fingerprint density at radius 1 is 1.39 bits per heavy atom. The molecular formula is C14H19NO3. The number of carbonyl (C=O) groups is 1. The van der Waals surface area contributed by atoms with Gasteiger partial charge in [-0.3, -0.25) is 10.1 Å². The fraction of sp³-hybridized carbons (Fsp3) is 0.500. The van der Waals surface area contributed by atoms with E-state index in [-0.39, 0.29) is 5.78 Å². The second-order valence-electron chi connectivity index (χ2n) is 4.76. The molecule has 1 saturated carbocycles. The van der Waals surface area contributed by atoms with Crippen LogP contribution in [0.25, 0.3) is 0 Å². The summed E-state index contributed by atoms with van der Waals surface area (Å²) >= 11 is 0. The first kappa shape index (κ1) is 13.2. The number of aliphatic hydroxyl groups is 2. The molecule has 0 radical (unpaired) electrons. The van der Waals surface area contributed by atoms with Crippen LogP contribution in [-0.2, 0) is 0 Å². The van der Waals surface area contributed by atoms with E-state index in [0.717, 1.165) is 12.8 Å². The summed E-state index contributed by atoms with van der Waals surface area (Å²) in [6.45, 7) is -0.504. The maximum Gasteiger partial charge on any atom is 0.188 e. The quantitative estimate of drug-likeness (QED) is 0.545. The Kier molecular flexibility index (Phi) is 4.47. The number of hydrogen-bond acceptors (Lipinski definition) is 4. The maximum atomic E-state index is 11.4. The van der Waals surface area contributed by atoms with Gasteiger partial charge < -0.3 is 10.2 Å². The predicted molar refractivity (Wildman–Crippen MR) is 68.2 cm³/mol. The van der Waals surface area contributed by atoms with Crippen molar-refractivity contribution in [1.29, 1.82) is 0 Å². The van der Waals surface area contributed by atoms with Crippen LogP contribution < -0.4 is 5.32 Å². The second kappa shape index (κ2) is 6.09. The maximum absolute atomic E-state index is 11.4. The number of hydrogen-bond donors (Lipinski definition) is 3. The summed E-state index contributed by atoms with van der Waals surface area (Å²) in [6, 6.07) is 7.13. The van der Waals surface area contributed by atoms with Crippen molar-refractivity contribution in [3.8, 4) is 0 Å². The molecule has 18 heavy (non-hydrogen) atoms. The van der Waals surface area contributed by atoms with Gasteiger partial charge in [0.05, 0.1) is 0 Å². The summed E-state index contributed by atoms with van der Waals surface area (Å²) in [4.78, 5) is 11.4. The molecule has 2 rings (SSSR count). The average molecular weight is 249 g/mol. The Morgan fingerprint density at radius 3 is 2.78 bits per heavy atom. The molecule has 0 aliphatic heterocycles. The lowest BCUT2D eigenvalue weighted by Gasteiger charge is -2.18. The van der Waals surface area contributed by atoms with Crippen molar-refractivity contribution >= 4 is 5.78 Å². The normalized spacial score (nSPS) is 17.9. The first-order chi connectivity index (χ1) is 8.70. The topological polar surface area (TPSA) is 69.6 Å². The van der Waals surface area contributed by atoms with Gasteiger partial charge in [-0.25, -0.2) is 0 Å². The summed E-state index contributed by atoms with van der Waals surface area (Å²) in [7, 11) is 0. The molecule has 1 aromatic rings. The lowest BCUT2D eigenvalue weighted by molar-refractivity contribution is 0.0903. The number of benzene rings is 1. The molecule has 0 amide bonds. The fourth-order valence-corrected chi connectivity index (χ4v) is 2.39. The third-order valence-corrected chi connectivity index (χ3v) is 3.42. The minimum atomic E-state index is -0.750. The molecule has 0 heterocycles. The molecule has 0 aromatic heterocycles. The molecule has 1 fully saturated rings. The Bertz CT molecular complexity index is 413. The Hall–Kier alpha value is -1.23. The molecule has 0 spiro atoms. The number of nitrogens with one attached hydrogen (secondary N) is 1. The van der Waals surface area contributed by atoms with Gasteiger partial charge in [0.2, 0.25) is 0 Å². The van der Waals surface area contributed by atoms with Gasteiger partial charge in [0.1, 0.15) is 12.8 Å². The highest BCUT2D eigenvalue weighted by molar-refractivity contribution is 5.97. The van der Waals surface area contributed by atoms with Crippen LogP contribution in [0.4, 0.5) is 0 Å². The number of carbonyl (C=O) groups excluding carboxylic acids is 1. The molecule has 1 aliphatic rings. The molecule has 1 aromatic carbocycles. The van der Waals surface area contributed by atoms with E-state index in [1.54, 1.807) is 24.3 Å². The summed E-state index contributed by atoms with van der Waals surface area (Å²) in [5.74, 6) is -0.329. The van der Waals surface area contributed by atoms with Gasteiger partial charge in [0.25, 0.3) is 0 Å². The standard InChI is InChI=1S/C14H19NO3/c16-9-13(17)10-4-3-5-11(8-10)14(18)15-12-6-1-2-7-12/h3-5,8,12,14-16,18H,1-2,6-7,9H2. The SMILES string of the molecule is O=C(CO)c1cccc(C(O)NC2CCCC2)c1. The van der Waals surface area contributed by atoms with E-state index < -0.39 is 12.8 Å². The summed E-state index contributed by atoms with van der Waals surface area (Å²) < 4.78 is 0. The third kappa shape index (κ3) is 3.16. The van der Waals surface area contributed by atoms with Gasteiger partial charge in [-0.05, 0) is 24.5 Å². The number of Topliss-reactive ketones (excluding diaryl/α,β-unsaturated/α-hetero) is 1. The molecule has 98 valence electrons. The molecule has 0 bridgehead atoms. The van der Waals surface area contributed by atoms with Crippen molar-refractivity contribution in [3.63, 3.8) is 0 Å². The van der Waals surface area contributed by atoms with Crippen molar-refractivity contribution < 1.29 is 15.0 Å². The van der Waals surface area contributed by atoms with Crippen LogP contribution in [0.15, 0.2) is 24.3 Å². The highest BCUT2D eigenvalue weighted by atomic mass is 16.3. The van der Waals surface area contributed by atoms with Gasteiger partial charge in [-0.2, -0.15) is 0 Å². The first-order valence-electron chi connectivity index (χ1n) is 6.39.